The van der Waals surface area contributed by atoms with Gasteiger partial charge < -0.3 is 15.7 Å². The summed E-state index contributed by atoms with van der Waals surface area (Å²) >= 11 is 0. The van der Waals surface area contributed by atoms with Gasteiger partial charge in [0.1, 0.15) is 5.82 Å². The predicted octanol–water partition coefficient (Wildman–Crippen LogP) is 5.07. The Morgan fingerprint density at radius 1 is 0.971 bits per heavy atom. The Labute approximate surface area is 207 Å². The van der Waals surface area contributed by atoms with Crippen LogP contribution < -0.4 is 10.6 Å². The van der Waals surface area contributed by atoms with E-state index in [4.69, 9.17) is 4.78 Å². The van der Waals surface area contributed by atoms with Crippen LogP contribution in [-0.2, 0) is 23.4 Å². The molecule has 7 nitrogen and oxygen atoms in total. The van der Waals surface area contributed by atoms with E-state index in [0.29, 0.717) is 16.7 Å². The summed E-state index contributed by atoms with van der Waals surface area (Å²) < 4.78 is 18.7. The molecule has 3 aromatic carbocycles. The molecule has 0 saturated carbocycles. The highest BCUT2D eigenvalue weighted by atomic mass is 32.2. The molecule has 8 heteroatoms. The molecule has 1 unspecified atom stereocenters. The van der Waals surface area contributed by atoms with Crippen molar-refractivity contribution in [2.24, 2.45) is 0 Å². The quantitative estimate of drug-likeness (QED) is 0.200. The van der Waals surface area contributed by atoms with E-state index in [1.54, 1.807) is 30.5 Å². The van der Waals surface area contributed by atoms with Crippen molar-refractivity contribution >= 4 is 28.0 Å². The van der Waals surface area contributed by atoms with Crippen LogP contribution in [0.1, 0.15) is 18.1 Å². The lowest BCUT2D eigenvalue weighted by Crippen LogP contribution is -2.21. The van der Waals surface area contributed by atoms with E-state index in [9.17, 15) is 9.32 Å². The van der Waals surface area contributed by atoms with Gasteiger partial charge in [-0.05, 0) is 60.7 Å². The highest BCUT2D eigenvalue weighted by molar-refractivity contribution is 7.73. The van der Waals surface area contributed by atoms with E-state index in [1.807, 2.05) is 25.1 Å². The summed E-state index contributed by atoms with van der Waals surface area (Å²) in [5, 5.41) is 16.0. The molecular formula is C27H29N5O2S. The molecule has 0 spiro atoms. The number of aliphatic hydroxyl groups is 1. The fraction of sp³-hybridized carbons (Fsp3) is 0.185. The number of aromatic nitrogens is 2. The molecule has 4 N–H and O–H groups in total. The monoisotopic (exact) mass is 487 g/mol. The SMILES string of the molecule is C[C@H](CO)Nc1nc(Nc2ccc([SH](=N)=O)cc2)ncc1-c1cccc(CCc2ccccc2)c1. The van der Waals surface area contributed by atoms with Crippen molar-refractivity contribution in [1.82, 2.24) is 9.97 Å². The summed E-state index contributed by atoms with van der Waals surface area (Å²) in [4.78, 5) is 9.65. The molecule has 0 fully saturated rings. The summed E-state index contributed by atoms with van der Waals surface area (Å²) in [5.74, 6) is 1.01. The number of aryl methyl sites for hydroxylation is 2. The first-order valence-electron chi connectivity index (χ1n) is 11.4. The molecule has 35 heavy (non-hydrogen) atoms. The van der Waals surface area contributed by atoms with Crippen molar-refractivity contribution in [1.29, 1.82) is 4.78 Å². The Morgan fingerprint density at radius 3 is 2.40 bits per heavy atom. The first kappa shape index (κ1) is 24.4. The van der Waals surface area contributed by atoms with Crippen molar-refractivity contribution < 1.29 is 9.32 Å². The van der Waals surface area contributed by atoms with E-state index >= 15 is 0 Å². The van der Waals surface area contributed by atoms with Crippen LogP contribution in [0.2, 0.25) is 0 Å². The third kappa shape index (κ3) is 6.65. The van der Waals surface area contributed by atoms with Crippen molar-refractivity contribution in [2.75, 3.05) is 17.2 Å². The number of hydrogen-bond acceptors (Lipinski definition) is 7. The van der Waals surface area contributed by atoms with Gasteiger partial charge in [0.25, 0.3) is 0 Å². The van der Waals surface area contributed by atoms with Gasteiger partial charge in [0.2, 0.25) is 5.95 Å². The van der Waals surface area contributed by atoms with Gasteiger partial charge in [0.05, 0.1) is 17.2 Å². The maximum absolute atomic E-state index is 11.3. The molecule has 0 radical (unpaired) electrons. The van der Waals surface area contributed by atoms with Gasteiger partial charge >= 0.3 is 0 Å². The van der Waals surface area contributed by atoms with Crippen LogP contribution in [0.5, 0.6) is 0 Å². The second-order valence-corrected chi connectivity index (χ2v) is 9.44. The molecule has 2 atom stereocenters. The maximum atomic E-state index is 11.3. The minimum absolute atomic E-state index is 0.0317. The van der Waals surface area contributed by atoms with E-state index < -0.39 is 10.6 Å². The zero-order valence-corrected chi connectivity index (χ0v) is 20.4. The first-order valence-corrected chi connectivity index (χ1v) is 12.7. The van der Waals surface area contributed by atoms with Gasteiger partial charge in [-0.15, -0.1) is 0 Å². The number of hydrogen-bond donors (Lipinski definition) is 5. The smallest absolute Gasteiger partial charge is 0.229 e. The van der Waals surface area contributed by atoms with Gasteiger partial charge in [-0.1, -0.05) is 54.6 Å². The Balaban J connectivity index is 1.58. The molecule has 0 saturated heterocycles. The highest BCUT2D eigenvalue weighted by Crippen LogP contribution is 2.29. The largest absolute Gasteiger partial charge is 0.394 e. The zero-order chi connectivity index (χ0) is 24.6. The van der Waals surface area contributed by atoms with Gasteiger partial charge in [-0.3, -0.25) is 4.78 Å². The van der Waals surface area contributed by atoms with Crippen LogP contribution in [0.25, 0.3) is 11.1 Å². The molecular weight excluding hydrogens is 458 g/mol. The lowest BCUT2D eigenvalue weighted by molar-refractivity contribution is 0.281. The predicted molar refractivity (Wildman–Crippen MR) is 142 cm³/mol. The van der Waals surface area contributed by atoms with Crippen LogP contribution in [-0.4, -0.2) is 31.9 Å². The number of thiol groups is 1. The zero-order valence-electron chi connectivity index (χ0n) is 19.5. The second kappa shape index (κ2) is 11.6. The van der Waals surface area contributed by atoms with Gasteiger partial charge in [-0.2, -0.15) is 4.98 Å². The summed E-state index contributed by atoms with van der Waals surface area (Å²) in [6.45, 7) is 1.85. The Bertz CT molecular complexity index is 1330. The topological polar surface area (TPSA) is 111 Å². The minimum Gasteiger partial charge on any atom is -0.394 e. The van der Waals surface area contributed by atoms with Crippen molar-refractivity contribution in [3.05, 3.63) is 96.2 Å². The Morgan fingerprint density at radius 2 is 1.69 bits per heavy atom. The summed E-state index contributed by atoms with van der Waals surface area (Å²) in [6, 6.07) is 25.4. The standard InChI is InChI=1S/C27H29N5O2S/c1-19(18-33)30-26-25(17-29-27(32-26)31-23-12-14-24(15-13-23)35(28)34)22-9-5-8-21(16-22)11-10-20-6-3-2-4-7-20/h2-9,12-17,19,28,33,35H,10-11,18H2,1H3,(H2,29,30,31,32)/t19-/m1/s1. The van der Waals surface area contributed by atoms with E-state index in [1.165, 1.54) is 11.1 Å². The van der Waals surface area contributed by atoms with Crippen molar-refractivity contribution in [3.8, 4) is 11.1 Å². The molecule has 180 valence electrons. The molecule has 4 aromatic rings. The van der Waals surface area contributed by atoms with Crippen molar-refractivity contribution in [3.63, 3.8) is 0 Å². The molecule has 0 aliphatic heterocycles. The van der Waals surface area contributed by atoms with Crippen LogP contribution in [0.4, 0.5) is 17.5 Å². The van der Waals surface area contributed by atoms with Gasteiger partial charge in [-0.25, -0.2) is 9.19 Å². The van der Waals surface area contributed by atoms with Crippen LogP contribution in [0.15, 0.2) is 90.0 Å². The fourth-order valence-corrected chi connectivity index (χ4v) is 4.10. The van der Waals surface area contributed by atoms with Crippen LogP contribution in [0, 0.1) is 4.78 Å². The number of aliphatic hydroxyl groups excluding tert-OH is 1. The first-order chi connectivity index (χ1) is 17.0. The maximum Gasteiger partial charge on any atom is 0.229 e. The molecule has 1 aromatic heterocycles. The number of anilines is 3. The summed E-state index contributed by atoms with van der Waals surface area (Å²) in [7, 11) is -2.13. The number of nitrogens with zero attached hydrogens (tertiary/aromatic N) is 2. The minimum atomic E-state index is -2.13. The van der Waals surface area contributed by atoms with Crippen molar-refractivity contribution in [2.45, 2.75) is 30.7 Å². The normalized spacial score (nSPS) is 12.6. The van der Waals surface area contributed by atoms with E-state index in [2.05, 4.69) is 57.0 Å². The molecule has 0 aliphatic rings. The molecule has 0 bridgehead atoms. The highest BCUT2D eigenvalue weighted by Gasteiger charge is 2.13. The van der Waals surface area contributed by atoms with Gasteiger partial charge in [0.15, 0.2) is 0 Å². The molecule has 0 amide bonds. The molecule has 0 aliphatic carbocycles. The molecule has 4 rings (SSSR count). The molecule has 1 heterocycles. The number of nitrogens with one attached hydrogen (secondary N) is 3. The third-order valence-corrected chi connectivity index (χ3v) is 6.35. The van der Waals surface area contributed by atoms with E-state index in [-0.39, 0.29) is 12.6 Å². The summed E-state index contributed by atoms with van der Waals surface area (Å²) in [6.07, 6.45) is 3.66. The number of benzene rings is 3. The van der Waals surface area contributed by atoms with Gasteiger partial charge in [0, 0.05) is 28.4 Å². The lowest BCUT2D eigenvalue weighted by Gasteiger charge is -2.17. The Hall–Kier alpha value is -3.75. The average Bonchev–Trinajstić information content (AvgIpc) is 2.88. The lowest BCUT2D eigenvalue weighted by atomic mass is 10.00. The number of rotatable bonds is 10. The summed E-state index contributed by atoms with van der Waals surface area (Å²) in [5.41, 5.74) is 5.10. The average molecular weight is 488 g/mol. The van der Waals surface area contributed by atoms with Crippen LogP contribution in [0.3, 0.4) is 0 Å². The second-order valence-electron chi connectivity index (χ2n) is 8.34. The third-order valence-electron chi connectivity index (χ3n) is 5.59. The fourth-order valence-electron chi connectivity index (χ4n) is 3.68. The Kier molecular flexibility index (Phi) is 8.07. The van der Waals surface area contributed by atoms with E-state index in [0.717, 1.165) is 29.7 Å². The van der Waals surface area contributed by atoms with Crippen LogP contribution >= 0.6 is 0 Å².